The van der Waals surface area contributed by atoms with Gasteiger partial charge in [0.15, 0.2) is 0 Å². The van der Waals surface area contributed by atoms with Gasteiger partial charge in [-0.15, -0.1) is 0 Å². The van der Waals surface area contributed by atoms with Crippen molar-refractivity contribution < 1.29 is 0 Å². The van der Waals surface area contributed by atoms with Gasteiger partial charge in [0.25, 0.3) is 0 Å². The van der Waals surface area contributed by atoms with E-state index < -0.39 is 0 Å². The molecule has 3 heteroatoms. The first-order valence-corrected chi connectivity index (χ1v) is 19.6. The van der Waals surface area contributed by atoms with Crippen molar-refractivity contribution in [3.05, 3.63) is 212 Å². The predicted molar refractivity (Wildman–Crippen MR) is 240 cm³/mol. The molecule has 0 saturated heterocycles. The summed E-state index contributed by atoms with van der Waals surface area (Å²) in [6.07, 6.45) is 0. The smallest absolute Gasteiger partial charge is 0.0619 e. The summed E-state index contributed by atoms with van der Waals surface area (Å²) in [6, 6.07) is 77.5. The maximum absolute atomic E-state index is 2.50. The lowest BCUT2D eigenvalue weighted by Crippen LogP contribution is -1.98. The normalized spacial score (nSPS) is 11.9. The number of fused-ring (bicyclic) bond motifs is 9. The van der Waals surface area contributed by atoms with Crippen LogP contribution in [0.25, 0.3) is 105 Å². The van der Waals surface area contributed by atoms with Crippen LogP contribution in [-0.4, -0.2) is 13.7 Å². The second-order valence-electron chi connectivity index (χ2n) is 14.9. The Morgan fingerprint density at radius 1 is 0.228 bits per heavy atom. The molecule has 0 saturated carbocycles. The summed E-state index contributed by atoms with van der Waals surface area (Å²) in [7, 11) is 0. The van der Waals surface area contributed by atoms with E-state index in [1.54, 1.807) is 0 Å². The highest BCUT2D eigenvalue weighted by Gasteiger charge is 2.22. The number of hydrogen-bond acceptors (Lipinski definition) is 0. The highest BCUT2D eigenvalue weighted by Crippen LogP contribution is 2.45. The van der Waals surface area contributed by atoms with Crippen molar-refractivity contribution in [3.63, 3.8) is 0 Å². The number of benzene rings is 9. The van der Waals surface area contributed by atoms with E-state index in [2.05, 4.69) is 226 Å². The zero-order valence-corrected chi connectivity index (χ0v) is 31.0. The Hall–Kier alpha value is -7.62. The Labute approximate surface area is 329 Å². The molecular weight excluding hydrogens is 691 g/mol. The van der Waals surface area contributed by atoms with Gasteiger partial charge in [0, 0.05) is 54.9 Å². The van der Waals surface area contributed by atoms with Gasteiger partial charge in [-0.2, -0.15) is 0 Å². The van der Waals surface area contributed by atoms with E-state index in [4.69, 9.17) is 0 Å². The molecule has 57 heavy (non-hydrogen) atoms. The van der Waals surface area contributed by atoms with E-state index in [0.29, 0.717) is 0 Å². The first kappa shape index (κ1) is 31.7. The van der Waals surface area contributed by atoms with E-state index >= 15 is 0 Å². The van der Waals surface area contributed by atoms with Gasteiger partial charge in [-0.1, -0.05) is 140 Å². The fourth-order valence-electron chi connectivity index (χ4n) is 9.41. The van der Waals surface area contributed by atoms with E-state index in [-0.39, 0.29) is 0 Å². The number of rotatable bonds is 5. The quantitative estimate of drug-likeness (QED) is 0.168. The Morgan fingerprint density at radius 3 is 1.33 bits per heavy atom. The summed E-state index contributed by atoms with van der Waals surface area (Å²) in [6.45, 7) is 0. The molecule has 0 amide bonds. The van der Waals surface area contributed by atoms with Crippen molar-refractivity contribution in [2.75, 3.05) is 0 Å². The molecule has 0 radical (unpaired) electrons. The molecule has 0 fully saturated rings. The summed E-state index contributed by atoms with van der Waals surface area (Å²) in [4.78, 5) is 0. The molecule has 266 valence electrons. The predicted octanol–water partition coefficient (Wildman–Crippen LogP) is 14.3. The topological polar surface area (TPSA) is 14.8 Å². The minimum absolute atomic E-state index is 1.14. The van der Waals surface area contributed by atoms with E-state index in [1.807, 2.05) is 0 Å². The van der Waals surface area contributed by atoms with Crippen molar-refractivity contribution in [1.29, 1.82) is 0 Å². The summed E-state index contributed by atoms with van der Waals surface area (Å²) in [5.74, 6) is 0. The molecule has 0 aliphatic rings. The van der Waals surface area contributed by atoms with Gasteiger partial charge in [0.1, 0.15) is 0 Å². The molecular formula is C54H35N3. The zero-order valence-electron chi connectivity index (χ0n) is 31.0. The molecule has 0 spiro atoms. The lowest BCUT2D eigenvalue weighted by atomic mass is 9.91. The average molecular weight is 726 g/mol. The molecule has 0 N–H and O–H groups in total. The van der Waals surface area contributed by atoms with Crippen LogP contribution < -0.4 is 0 Å². The van der Waals surface area contributed by atoms with Gasteiger partial charge < -0.3 is 13.7 Å². The van der Waals surface area contributed by atoms with Crippen molar-refractivity contribution in [1.82, 2.24) is 13.7 Å². The summed E-state index contributed by atoms with van der Waals surface area (Å²) in [5, 5.41) is 7.43. The van der Waals surface area contributed by atoms with Crippen molar-refractivity contribution >= 4 is 65.4 Å². The zero-order chi connectivity index (χ0) is 37.5. The van der Waals surface area contributed by atoms with Gasteiger partial charge >= 0.3 is 0 Å². The monoisotopic (exact) mass is 725 g/mol. The van der Waals surface area contributed by atoms with Crippen LogP contribution in [0, 0.1) is 0 Å². The number of hydrogen-bond donors (Lipinski definition) is 0. The fourth-order valence-corrected chi connectivity index (χ4v) is 9.41. The van der Waals surface area contributed by atoms with Crippen molar-refractivity contribution in [2.45, 2.75) is 0 Å². The third-order valence-corrected chi connectivity index (χ3v) is 11.8. The second-order valence-corrected chi connectivity index (χ2v) is 14.9. The summed E-state index contributed by atoms with van der Waals surface area (Å²) < 4.78 is 7.30. The maximum Gasteiger partial charge on any atom is 0.0619 e. The second kappa shape index (κ2) is 12.5. The highest BCUT2D eigenvalue weighted by atomic mass is 15.0. The largest absolute Gasteiger partial charge is 0.309 e. The fraction of sp³-hybridized carbons (Fsp3) is 0. The molecule has 9 aromatic carbocycles. The van der Waals surface area contributed by atoms with Crippen LogP contribution in [0.1, 0.15) is 0 Å². The Morgan fingerprint density at radius 2 is 0.702 bits per heavy atom. The van der Waals surface area contributed by atoms with E-state index in [9.17, 15) is 0 Å². The van der Waals surface area contributed by atoms with Gasteiger partial charge in [-0.25, -0.2) is 0 Å². The Balaban J connectivity index is 1.19. The minimum atomic E-state index is 1.14. The van der Waals surface area contributed by atoms with Crippen LogP contribution >= 0.6 is 0 Å². The van der Waals surface area contributed by atoms with Crippen LogP contribution in [0.15, 0.2) is 212 Å². The van der Waals surface area contributed by atoms with Crippen molar-refractivity contribution in [2.24, 2.45) is 0 Å². The third-order valence-electron chi connectivity index (χ3n) is 11.8. The molecule has 3 nitrogen and oxygen atoms in total. The third kappa shape index (κ3) is 4.73. The Kier molecular flexibility index (Phi) is 6.93. The van der Waals surface area contributed by atoms with Gasteiger partial charge in [-0.3, -0.25) is 0 Å². The average Bonchev–Trinajstić information content (AvgIpc) is 3.92. The Bertz CT molecular complexity index is 3500. The summed E-state index contributed by atoms with van der Waals surface area (Å²) in [5.41, 5.74) is 15.4. The van der Waals surface area contributed by atoms with Crippen molar-refractivity contribution in [3.8, 4) is 39.3 Å². The van der Waals surface area contributed by atoms with Gasteiger partial charge in [0.2, 0.25) is 0 Å². The molecule has 3 heterocycles. The van der Waals surface area contributed by atoms with Crippen LogP contribution in [0.2, 0.25) is 0 Å². The van der Waals surface area contributed by atoms with E-state index in [0.717, 1.165) is 17.1 Å². The molecule has 0 atom stereocenters. The summed E-state index contributed by atoms with van der Waals surface area (Å²) >= 11 is 0. The van der Waals surface area contributed by atoms with Crippen LogP contribution in [-0.2, 0) is 0 Å². The molecule has 0 bridgehead atoms. The molecule has 0 aliphatic heterocycles. The van der Waals surface area contributed by atoms with E-state index in [1.165, 1.54) is 87.7 Å². The van der Waals surface area contributed by atoms with Gasteiger partial charge in [0.05, 0.1) is 33.1 Å². The first-order chi connectivity index (χ1) is 28.3. The lowest BCUT2D eigenvalue weighted by Gasteiger charge is -2.17. The van der Waals surface area contributed by atoms with Crippen LogP contribution in [0.4, 0.5) is 0 Å². The lowest BCUT2D eigenvalue weighted by molar-refractivity contribution is 1.17. The standard InChI is InChI=1S/C54H35N3/c1-4-17-36(18-5-1)45-35-53-48(42-25-12-14-29-50(42)56(53)38-21-8-3-9-22-38)34-46(45)44-27-16-26-43-40-23-10-15-30-51(40)57(54(43)44)39-31-32-52-47(33-39)41-24-11-13-28-49(41)55(52)37-19-6-2-7-20-37/h1-35H. The molecule has 0 unspecified atom stereocenters. The highest BCUT2D eigenvalue weighted by molar-refractivity contribution is 6.18. The maximum atomic E-state index is 2.50. The molecule has 0 aliphatic carbocycles. The first-order valence-electron chi connectivity index (χ1n) is 19.6. The molecule has 3 aromatic heterocycles. The van der Waals surface area contributed by atoms with Crippen LogP contribution in [0.3, 0.4) is 0 Å². The van der Waals surface area contributed by atoms with Gasteiger partial charge in [-0.05, 0) is 89.5 Å². The number of para-hydroxylation sites is 6. The SMILES string of the molecule is c1ccc(-c2cc3c(cc2-c2cccc4c5ccccc5n(-c5ccc6c(c5)c5ccccc5n6-c5ccccc5)c24)c2ccccc2n3-c2ccccc2)cc1. The molecule has 12 aromatic rings. The minimum Gasteiger partial charge on any atom is -0.309 e. The number of nitrogens with zero attached hydrogens (tertiary/aromatic N) is 3. The van der Waals surface area contributed by atoms with Crippen LogP contribution in [0.5, 0.6) is 0 Å². The molecule has 12 rings (SSSR count). The number of aromatic nitrogens is 3.